The van der Waals surface area contributed by atoms with E-state index in [0.29, 0.717) is 4.47 Å². The Morgan fingerprint density at radius 2 is 2.13 bits per heavy atom. The summed E-state index contributed by atoms with van der Waals surface area (Å²) in [7, 11) is 1.25. The van der Waals surface area contributed by atoms with Crippen molar-refractivity contribution in [2.24, 2.45) is 0 Å². The van der Waals surface area contributed by atoms with Gasteiger partial charge in [0.2, 0.25) is 0 Å². The number of benzene rings is 1. The van der Waals surface area contributed by atoms with Crippen LogP contribution < -0.4 is 0 Å². The number of aliphatic hydroxyl groups excluding tert-OH is 1. The standard InChI is InChI=1S/C8H5BrClNO3S/c9-7-2-8(15(10,13)14)6(4-12)1-5(7)3-11/h1-2,12H,4H2. The van der Waals surface area contributed by atoms with Crippen LogP contribution in [0.4, 0.5) is 0 Å². The van der Waals surface area contributed by atoms with Crippen molar-refractivity contribution >= 4 is 35.7 Å². The molecule has 0 bridgehead atoms. The summed E-state index contributed by atoms with van der Waals surface area (Å²) in [6.45, 7) is -0.497. The lowest BCUT2D eigenvalue weighted by Gasteiger charge is -2.05. The summed E-state index contributed by atoms with van der Waals surface area (Å²) in [5, 5.41) is 17.6. The van der Waals surface area contributed by atoms with Crippen molar-refractivity contribution in [3.8, 4) is 6.07 Å². The Morgan fingerprint density at radius 3 is 2.53 bits per heavy atom. The highest BCUT2D eigenvalue weighted by atomic mass is 79.9. The fourth-order valence-corrected chi connectivity index (χ4v) is 2.75. The van der Waals surface area contributed by atoms with Gasteiger partial charge >= 0.3 is 0 Å². The Morgan fingerprint density at radius 1 is 1.53 bits per heavy atom. The van der Waals surface area contributed by atoms with Crippen molar-refractivity contribution in [3.05, 3.63) is 27.7 Å². The maximum atomic E-state index is 11.1. The second kappa shape index (κ2) is 4.49. The highest BCUT2D eigenvalue weighted by Gasteiger charge is 2.17. The van der Waals surface area contributed by atoms with Crippen LogP contribution in [-0.2, 0) is 15.7 Å². The van der Waals surface area contributed by atoms with Crippen molar-refractivity contribution in [1.82, 2.24) is 0 Å². The van der Waals surface area contributed by atoms with Crippen LogP contribution in [0.15, 0.2) is 21.5 Å². The van der Waals surface area contributed by atoms with E-state index < -0.39 is 15.7 Å². The molecule has 0 aliphatic rings. The molecular formula is C8H5BrClNO3S. The molecule has 0 aromatic heterocycles. The molecule has 0 aliphatic heterocycles. The Balaban J connectivity index is 3.57. The van der Waals surface area contributed by atoms with Gasteiger partial charge in [0.25, 0.3) is 9.05 Å². The predicted molar refractivity (Wildman–Crippen MR) is 57.8 cm³/mol. The van der Waals surface area contributed by atoms with Crippen LogP contribution in [-0.4, -0.2) is 13.5 Å². The van der Waals surface area contributed by atoms with Crippen molar-refractivity contribution < 1.29 is 13.5 Å². The lowest BCUT2D eigenvalue weighted by molar-refractivity contribution is 0.278. The number of nitrogens with zero attached hydrogens (tertiary/aromatic N) is 1. The van der Waals surface area contributed by atoms with Gasteiger partial charge in [-0.3, -0.25) is 0 Å². The molecule has 0 saturated carbocycles. The van der Waals surface area contributed by atoms with Crippen LogP contribution in [0.1, 0.15) is 11.1 Å². The molecule has 0 heterocycles. The molecule has 0 saturated heterocycles. The summed E-state index contributed by atoms with van der Waals surface area (Å²) in [5.74, 6) is 0. The number of hydrogen-bond donors (Lipinski definition) is 1. The zero-order valence-electron chi connectivity index (χ0n) is 7.24. The van der Waals surface area contributed by atoms with Crippen LogP contribution in [0.3, 0.4) is 0 Å². The van der Waals surface area contributed by atoms with E-state index in [-0.39, 0.29) is 16.0 Å². The molecule has 0 fully saturated rings. The lowest BCUT2D eigenvalue weighted by atomic mass is 10.1. The largest absolute Gasteiger partial charge is 0.392 e. The highest BCUT2D eigenvalue weighted by Crippen LogP contribution is 2.27. The van der Waals surface area contributed by atoms with Crippen LogP contribution in [0.2, 0.25) is 0 Å². The molecule has 0 atom stereocenters. The minimum absolute atomic E-state index is 0.102. The maximum absolute atomic E-state index is 11.1. The van der Waals surface area contributed by atoms with E-state index in [1.165, 1.54) is 12.1 Å². The lowest BCUT2D eigenvalue weighted by Crippen LogP contribution is -1.99. The smallest absolute Gasteiger partial charge is 0.261 e. The Labute approximate surface area is 99.6 Å². The Bertz CT molecular complexity index is 536. The van der Waals surface area contributed by atoms with E-state index in [9.17, 15) is 8.42 Å². The Hall–Kier alpha value is -0.610. The number of hydrogen-bond acceptors (Lipinski definition) is 4. The average Bonchev–Trinajstić information content (AvgIpc) is 2.16. The fraction of sp³-hybridized carbons (Fsp3) is 0.125. The summed E-state index contributed by atoms with van der Waals surface area (Å²) >= 11 is 3.04. The monoisotopic (exact) mass is 309 g/mol. The van der Waals surface area contributed by atoms with E-state index in [1.54, 1.807) is 0 Å². The maximum Gasteiger partial charge on any atom is 0.261 e. The van der Waals surface area contributed by atoms with Gasteiger partial charge in [-0.2, -0.15) is 5.26 Å². The van der Waals surface area contributed by atoms with Gasteiger partial charge in [0.15, 0.2) is 0 Å². The number of aliphatic hydroxyl groups is 1. The molecule has 0 aliphatic carbocycles. The van der Waals surface area contributed by atoms with E-state index in [0.717, 1.165) is 0 Å². The van der Waals surface area contributed by atoms with Crippen LogP contribution in [0, 0.1) is 11.3 Å². The highest BCUT2D eigenvalue weighted by molar-refractivity contribution is 9.10. The van der Waals surface area contributed by atoms with E-state index in [1.807, 2.05) is 6.07 Å². The number of rotatable bonds is 2. The van der Waals surface area contributed by atoms with Gasteiger partial charge in [-0.25, -0.2) is 8.42 Å². The zero-order valence-corrected chi connectivity index (χ0v) is 10.4. The normalized spacial score (nSPS) is 11.1. The van der Waals surface area contributed by atoms with Gasteiger partial charge in [-0.05, 0) is 33.6 Å². The van der Waals surface area contributed by atoms with Crippen LogP contribution in [0.25, 0.3) is 0 Å². The Kier molecular flexibility index (Phi) is 3.73. The first-order valence-electron chi connectivity index (χ1n) is 3.68. The molecular weight excluding hydrogens is 306 g/mol. The second-order valence-electron chi connectivity index (χ2n) is 2.65. The summed E-state index contributed by atoms with van der Waals surface area (Å²) in [5.41, 5.74) is 0.341. The molecule has 7 heteroatoms. The van der Waals surface area contributed by atoms with E-state index in [4.69, 9.17) is 21.1 Å². The molecule has 1 aromatic rings. The third kappa shape index (κ3) is 2.69. The molecule has 0 radical (unpaired) electrons. The topological polar surface area (TPSA) is 78.2 Å². The molecule has 80 valence electrons. The van der Waals surface area contributed by atoms with Crippen molar-refractivity contribution in [3.63, 3.8) is 0 Å². The number of nitriles is 1. The molecule has 1 rings (SSSR count). The molecule has 0 unspecified atom stereocenters. The van der Waals surface area contributed by atoms with Gasteiger partial charge < -0.3 is 5.11 Å². The minimum Gasteiger partial charge on any atom is -0.392 e. The quantitative estimate of drug-likeness (QED) is 0.844. The van der Waals surface area contributed by atoms with Crippen LogP contribution >= 0.6 is 26.6 Å². The molecule has 1 N–H and O–H groups in total. The van der Waals surface area contributed by atoms with Crippen molar-refractivity contribution in [2.45, 2.75) is 11.5 Å². The average molecular weight is 311 g/mol. The predicted octanol–water partition coefficient (Wildman–Crippen LogP) is 1.74. The van der Waals surface area contributed by atoms with Gasteiger partial charge in [-0.15, -0.1) is 0 Å². The van der Waals surface area contributed by atoms with Gasteiger partial charge in [0.05, 0.1) is 17.1 Å². The summed E-state index contributed by atoms with van der Waals surface area (Å²) in [4.78, 5) is -0.197. The third-order valence-electron chi connectivity index (χ3n) is 1.70. The second-order valence-corrected chi connectivity index (χ2v) is 6.04. The summed E-state index contributed by atoms with van der Waals surface area (Å²) in [6.07, 6.45) is 0. The SMILES string of the molecule is N#Cc1cc(CO)c(S(=O)(=O)Cl)cc1Br. The van der Waals surface area contributed by atoms with Gasteiger partial charge in [-0.1, -0.05) is 0 Å². The first-order chi connectivity index (χ1) is 6.90. The molecule has 0 spiro atoms. The van der Waals surface area contributed by atoms with E-state index >= 15 is 0 Å². The minimum atomic E-state index is -3.92. The van der Waals surface area contributed by atoms with Crippen LogP contribution in [0.5, 0.6) is 0 Å². The summed E-state index contributed by atoms with van der Waals surface area (Å²) in [6, 6.07) is 4.33. The molecule has 4 nitrogen and oxygen atoms in total. The van der Waals surface area contributed by atoms with Gasteiger partial charge in [0.1, 0.15) is 6.07 Å². The van der Waals surface area contributed by atoms with Crippen molar-refractivity contribution in [2.75, 3.05) is 0 Å². The zero-order chi connectivity index (χ0) is 11.6. The van der Waals surface area contributed by atoms with Crippen molar-refractivity contribution in [1.29, 1.82) is 5.26 Å². The molecule has 0 amide bonds. The number of halogens is 2. The summed E-state index contributed by atoms with van der Waals surface area (Å²) < 4.78 is 22.6. The molecule has 15 heavy (non-hydrogen) atoms. The first-order valence-corrected chi connectivity index (χ1v) is 6.78. The van der Waals surface area contributed by atoms with E-state index in [2.05, 4.69) is 15.9 Å². The fourth-order valence-electron chi connectivity index (χ4n) is 1.04. The van der Waals surface area contributed by atoms with Gasteiger partial charge in [0, 0.05) is 15.2 Å². The first kappa shape index (κ1) is 12.5. The third-order valence-corrected chi connectivity index (χ3v) is 3.76. The molecule has 1 aromatic carbocycles.